The first-order chi connectivity index (χ1) is 15.5. The molecule has 3 aromatic carbocycles. The summed E-state index contributed by atoms with van der Waals surface area (Å²) in [6.45, 7) is 2.14. The second kappa shape index (κ2) is 9.99. The lowest BCUT2D eigenvalue weighted by Gasteiger charge is -2.39. The fourth-order valence-electron chi connectivity index (χ4n) is 4.39. The summed E-state index contributed by atoms with van der Waals surface area (Å²) in [5.41, 5.74) is 2.78. The summed E-state index contributed by atoms with van der Waals surface area (Å²) in [7, 11) is -3.72. The Morgan fingerprint density at radius 2 is 1.41 bits per heavy atom. The van der Waals surface area contributed by atoms with E-state index in [-0.39, 0.29) is 11.3 Å². The van der Waals surface area contributed by atoms with Gasteiger partial charge in [-0.3, -0.25) is 0 Å². The number of ether oxygens (including phenoxy) is 1. The van der Waals surface area contributed by atoms with Gasteiger partial charge in [-0.05, 0) is 48.1 Å². The van der Waals surface area contributed by atoms with Gasteiger partial charge in [0.25, 0.3) is 0 Å². The topological polar surface area (TPSA) is 63.6 Å². The first kappa shape index (κ1) is 22.7. The van der Waals surface area contributed by atoms with Crippen molar-refractivity contribution in [3.63, 3.8) is 0 Å². The van der Waals surface area contributed by atoms with Gasteiger partial charge in [-0.25, -0.2) is 8.42 Å². The minimum absolute atomic E-state index is 0.110. The van der Waals surface area contributed by atoms with Crippen molar-refractivity contribution in [1.29, 1.82) is 0 Å². The van der Waals surface area contributed by atoms with Crippen LogP contribution in [0.5, 0.6) is 0 Å². The molecule has 0 spiro atoms. The van der Waals surface area contributed by atoms with Crippen LogP contribution in [0.4, 0.5) is 0 Å². The number of aliphatic hydroxyl groups excluding tert-OH is 1. The molecule has 1 fully saturated rings. The molecular weight excluding hydrogens is 420 g/mol. The smallest absolute Gasteiger partial charge is 0.184 e. The van der Waals surface area contributed by atoms with Crippen molar-refractivity contribution in [3.05, 3.63) is 102 Å². The second-order valence-electron chi connectivity index (χ2n) is 8.43. The largest absolute Gasteiger partial charge is 0.390 e. The van der Waals surface area contributed by atoms with Crippen molar-refractivity contribution >= 4 is 9.84 Å². The lowest BCUT2D eigenvalue weighted by atomic mass is 9.92. The van der Waals surface area contributed by atoms with Crippen molar-refractivity contribution in [2.75, 3.05) is 0 Å². The summed E-state index contributed by atoms with van der Waals surface area (Å²) in [5, 5.41) is 10.0. The highest BCUT2D eigenvalue weighted by Crippen LogP contribution is 2.43. The molecule has 0 unspecified atom stereocenters. The predicted octanol–water partition coefficient (Wildman–Crippen LogP) is 5.44. The van der Waals surface area contributed by atoms with E-state index >= 15 is 0 Å². The van der Waals surface area contributed by atoms with Gasteiger partial charge in [-0.2, -0.15) is 0 Å². The Balaban J connectivity index is 1.68. The molecule has 1 heterocycles. The number of benzene rings is 3. The Kier molecular flexibility index (Phi) is 7.09. The molecule has 0 saturated carbocycles. The molecule has 0 aliphatic carbocycles. The molecule has 5 heteroatoms. The molecular formula is C27H30O4S. The number of sulfone groups is 1. The monoisotopic (exact) mass is 450 g/mol. The van der Waals surface area contributed by atoms with Crippen LogP contribution in [0, 0.1) is 0 Å². The maximum Gasteiger partial charge on any atom is 0.184 e. The SMILES string of the molecule is CCCCc1ccc(S(=O)(=O)[C@H]2C[C@H](O)[C@@H](c3ccccc3)O[C@H]2c2ccccc2)cc1. The third-order valence-electron chi connectivity index (χ3n) is 6.18. The van der Waals surface area contributed by atoms with Gasteiger partial charge in [0.1, 0.15) is 12.2 Å². The standard InChI is InChI=1S/C27H30O4S/c1-2-3-10-20-15-17-23(18-16-20)32(29,30)25-19-24(28)26(21-11-6-4-7-12-21)31-27(25)22-13-8-5-9-14-22/h4-9,11-18,24-28H,2-3,10,19H2,1H3/t24-,25-,26+,27-/m0/s1. The zero-order valence-corrected chi connectivity index (χ0v) is 19.1. The van der Waals surface area contributed by atoms with Crippen LogP contribution in [-0.2, 0) is 21.0 Å². The maximum absolute atomic E-state index is 13.7. The van der Waals surface area contributed by atoms with Gasteiger partial charge in [0.05, 0.1) is 16.2 Å². The molecule has 1 aliphatic rings. The van der Waals surface area contributed by atoms with E-state index in [9.17, 15) is 13.5 Å². The average Bonchev–Trinajstić information content (AvgIpc) is 2.84. The first-order valence-corrected chi connectivity index (χ1v) is 12.8. The summed E-state index contributed by atoms with van der Waals surface area (Å²) < 4.78 is 33.7. The van der Waals surface area contributed by atoms with Crippen LogP contribution in [0.25, 0.3) is 0 Å². The molecule has 0 radical (unpaired) electrons. The van der Waals surface area contributed by atoms with E-state index in [1.807, 2.05) is 72.8 Å². The first-order valence-electron chi connectivity index (χ1n) is 11.3. The van der Waals surface area contributed by atoms with Crippen molar-refractivity contribution in [3.8, 4) is 0 Å². The Hall–Kier alpha value is -2.47. The Morgan fingerprint density at radius 1 is 0.844 bits per heavy atom. The number of rotatable bonds is 7. The Bertz CT molecular complexity index is 1100. The fraction of sp³-hybridized carbons (Fsp3) is 0.333. The van der Waals surface area contributed by atoms with Crippen LogP contribution >= 0.6 is 0 Å². The molecule has 1 N–H and O–H groups in total. The normalized spacial score (nSPS) is 23.7. The zero-order valence-electron chi connectivity index (χ0n) is 18.3. The molecule has 4 rings (SSSR count). The van der Waals surface area contributed by atoms with Crippen molar-refractivity contribution in [1.82, 2.24) is 0 Å². The van der Waals surface area contributed by atoms with E-state index in [1.165, 1.54) is 0 Å². The van der Waals surface area contributed by atoms with Gasteiger partial charge < -0.3 is 9.84 Å². The molecule has 0 bridgehead atoms. The van der Waals surface area contributed by atoms with Gasteiger partial charge >= 0.3 is 0 Å². The maximum atomic E-state index is 13.7. The summed E-state index contributed by atoms with van der Waals surface area (Å²) >= 11 is 0. The van der Waals surface area contributed by atoms with Gasteiger partial charge in [0.2, 0.25) is 0 Å². The molecule has 1 aliphatic heterocycles. The van der Waals surface area contributed by atoms with Gasteiger partial charge in [-0.1, -0.05) is 86.1 Å². The van der Waals surface area contributed by atoms with E-state index in [1.54, 1.807) is 12.1 Å². The van der Waals surface area contributed by atoms with Crippen LogP contribution in [0.1, 0.15) is 55.1 Å². The van der Waals surface area contributed by atoms with Crippen molar-refractivity contribution in [2.45, 2.75) is 61.1 Å². The van der Waals surface area contributed by atoms with E-state index in [2.05, 4.69) is 6.92 Å². The van der Waals surface area contributed by atoms with Gasteiger partial charge in [0.15, 0.2) is 9.84 Å². The molecule has 3 aromatic rings. The van der Waals surface area contributed by atoms with Gasteiger partial charge in [0, 0.05) is 0 Å². The summed E-state index contributed by atoms with van der Waals surface area (Å²) in [6.07, 6.45) is 1.05. The summed E-state index contributed by atoms with van der Waals surface area (Å²) in [4.78, 5) is 0.276. The molecule has 1 saturated heterocycles. The van der Waals surface area contributed by atoms with Crippen LogP contribution in [-0.4, -0.2) is 24.9 Å². The second-order valence-corrected chi connectivity index (χ2v) is 10.6. The van der Waals surface area contributed by atoms with Crippen molar-refractivity contribution in [2.24, 2.45) is 0 Å². The van der Waals surface area contributed by atoms with Crippen LogP contribution in [0.2, 0.25) is 0 Å². The Labute approximate surface area is 190 Å². The third-order valence-corrected chi connectivity index (χ3v) is 8.35. The van der Waals surface area contributed by atoms with Crippen LogP contribution in [0.3, 0.4) is 0 Å². The highest BCUT2D eigenvalue weighted by molar-refractivity contribution is 7.92. The number of hydrogen-bond acceptors (Lipinski definition) is 4. The highest BCUT2D eigenvalue weighted by atomic mass is 32.2. The molecule has 4 atom stereocenters. The van der Waals surface area contributed by atoms with E-state index < -0.39 is 33.4 Å². The van der Waals surface area contributed by atoms with Crippen molar-refractivity contribution < 1.29 is 18.3 Å². The highest BCUT2D eigenvalue weighted by Gasteiger charge is 2.45. The molecule has 0 amide bonds. The molecule has 0 aromatic heterocycles. The van der Waals surface area contributed by atoms with E-state index in [4.69, 9.17) is 4.74 Å². The third kappa shape index (κ3) is 4.80. The van der Waals surface area contributed by atoms with Crippen LogP contribution in [0.15, 0.2) is 89.8 Å². The van der Waals surface area contributed by atoms with Crippen LogP contribution < -0.4 is 0 Å². The lowest BCUT2D eigenvalue weighted by molar-refractivity contribution is -0.119. The number of aliphatic hydroxyl groups is 1. The van der Waals surface area contributed by atoms with E-state index in [0.29, 0.717) is 0 Å². The predicted molar refractivity (Wildman–Crippen MR) is 126 cm³/mol. The summed E-state index contributed by atoms with van der Waals surface area (Å²) in [6, 6.07) is 26.1. The number of aryl methyl sites for hydroxylation is 1. The lowest BCUT2D eigenvalue weighted by Crippen LogP contribution is -2.42. The quantitative estimate of drug-likeness (QED) is 0.521. The van der Waals surface area contributed by atoms with Gasteiger partial charge in [-0.15, -0.1) is 0 Å². The molecule has 4 nitrogen and oxygen atoms in total. The fourth-order valence-corrected chi connectivity index (χ4v) is 6.25. The van der Waals surface area contributed by atoms with E-state index in [0.717, 1.165) is 36.0 Å². The number of unbranched alkanes of at least 4 members (excludes halogenated alkanes) is 1. The summed E-state index contributed by atoms with van der Waals surface area (Å²) in [5.74, 6) is 0. The number of hydrogen-bond donors (Lipinski definition) is 1. The Morgan fingerprint density at radius 3 is 1.97 bits per heavy atom. The minimum Gasteiger partial charge on any atom is -0.390 e. The zero-order chi connectivity index (χ0) is 22.6. The molecule has 32 heavy (non-hydrogen) atoms. The minimum atomic E-state index is -3.72. The molecule has 168 valence electrons. The average molecular weight is 451 g/mol.